The fourth-order valence-corrected chi connectivity index (χ4v) is 2.92. The number of ether oxygens (including phenoxy) is 1. The van der Waals surface area contributed by atoms with E-state index in [4.69, 9.17) is 4.74 Å². The number of hydrogen-bond donors (Lipinski definition) is 1. The van der Waals surface area contributed by atoms with Crippen molar-refractivity contribution in [3.63, 3.8) is 0 Å². The third-order valence-electron chi connectivity index (χ3n) is 4.42. The van der Waals surface area contributed by atoms with Crippen molar-refractivity contribution in [3.05, 3.63) is 71.3 Å². The monoisotopic (exact) mass is 309 g/mol. The molecule has 0 heterocycles. The van der Waals surface area contributed by atoms with Gasteiger partial charge in [-0.05, 0) is 23.5 Å². The number of benzene rings is 2. The van der Waals surface area contributed by atoms with Crippen LogP contribution in [0.2, 0.25) is 0 Å². The number of aliphatic hydroxyl groups excluding tert-OH is 1. The standard InChI is InChI=1S/C20H23NO2/c1-15(2)20(14-21,18-10-5-4-6-11-18)13-16-8-7-9-17(12-16)19(22)23-3/h4-12,15,19,22H,13H2,1-3H3. The van der Waals surface area contributed by atoms with Crippen LogP contribution < -0.4 is 0 Å². The first-order chi connectivity index (χ1) is 11.0. The Hall–Kier alpha value is -2.15. The highest BCUT2D eigenvalue weighted by Gasteiger charge is 2.36. The molecule has 1 N–H and O–H groups in total. The van der Waals surface area contributed by atoms with Crippen LogP contribution >= 0.6 is 0 Å². The zero-order chi connectivity index (χ0) is 16.9. The van der Waals surface area contributed by atoms with Gasteiger partial charge in [0.1, 0.15) is 0 Å². The minimum absolute atomic E-state index is 0.158. The van der Waals surface area contributed by atoms with E-state index in [1.54, 1.807) is 0 Å². The Balaban J connectivity index is 2.42. The SMILES string of the molecule is COC(O)c1cccc(CC(C#N)(c2ccccc2)C(C)C)c1. The van der Waals surface area contributed by atoms with Crippen LogP contribution in [0.1, 0.15) is 36.8 Å². The van der Waals surface area contributed by atoms with E-state index in [2.05, 4.69) is 19.9 Å². The molecule has 0 radical (unpaired) electrons. The van der Waals surface area contributed by atoms with Crippen LogP contribution in [0.4, 0.5) is 0 Å². The Bertz CT molecular complexity index is 676. The second-order valence-electron chi connectivity index (χ2n) is 6.11. The third-order valence-corrected chi connectivity index (χ3v) is 4.42. The van der Waals surface area contributed by atoms with Crippen LogP contribution in [0.15, 0.2) is 54.6 Å². The molecule has 0 aliphatic carbocycles. The van der Waals surface area contributed by atoms with Crippen LogP contribution in [0.3, 0.4) is 0 Å². The topological polar surface area (TPSA) is 53.2 Å². The van der Waals surface area contributed by atoms with E-state index in [1.165, 1.54) is 7.11 Å². The summed E-state index contributed by atoms with van der Waals surface area (Å²) in [7, 11) is 1.47. The predicted octanol–water partition coefficient (Wildman–Crippen LogP) is 3.98. The molecule has 0 saturated heterocycles. The number of methoxy groups -OCH3 is 1. The van der Waals surface area contributed by atoms with Gasteiger partial charge < -0.3 is 9.84 Å². The minimum atomic E-state index is -0.942. The summed E-state index contributed by atoms with van der Waals surface area (Å²) < 4.78 is 4.97. The van der Waals surface area contributed by atoms with Gasteiger partial charge in [-0.2, -0.15) is 5.26 Å². The van der Waals surface area contributed by atoms with Gasteiger partial charge in [-0.25, -0.2) is 0 Å². The summed E-state index contributed by atoms with van der Waals surface area (Å²) in [4.78, 5) is 0. The largest absolute Gasteiger partial charge is 0.364 e. The van der Waals surface area contributed by atoms with Crippen LogP contribution in [-0.2, 0) is 16.6 Å². The van der Waals surface area contributed by atoms with Gasteiger partial charge in [0, 0.05) is 12.7 Å². The van der Waals surface area contributed by atoms with E-state index in [9.17, 15) is 10.4 Å². The molecule has 0 fully saturated rings. The molecule has 0 aliphatic rings. The number of nitrogens with zero attached hydrogens (tertiary/aromatic N) is 1. The fraction of sp³-hybridized carbons (Fsp3) is 0.350. The van der Waals surface area contributed by atoms with Crippen molar-refractivity contribution in [2.24, 2.45) is 5.92 Å². The summed E-state index contributed by atoms with van der Waals surface area (Å²) in [5.74, 6) is 0.158. The van der Waals surface area contributed by atoms with Crippen LogP contribution in [0.25, 0.3) is 0 Å². The lowest BCUT2D eigenvalue weighted by Gasteiger charge is -2.31. The van der Waals surface area contributed by atoms with E-state index in [1.807, 2.05) is 54.6 Å². The molecule has 2 rings (SSSR count). The van der Waals surface area contributed by atoms with Crippen LogP contribution in [0.5, 0.6) is 0 Å². The molecule has 0 amide bonds. The lowest BCUT2D eigenvalue weighted by atomic mass is 9.69. The van der Waals surface area contributed by atoms with Gasteiger partial charge in [0.25, 0.3) is 0 Å². The molecule has 0 bridgehead atoms. The Morgan fingerprint density at radius 1 is 1.13 bits per heavy atom. The first kappa shape index (κ1) is 17.2. The average Bonchev–Trinajstić information content (AvgIpc) is 2.59. The molecule has 0 aliphatic heterocycles. The minimum Gasteiger partial charge on any atom is -0.364 e. The maximum absolute atomic E-state index is 9.96. The fourth-order valence-electron chi connectivity index (χ4n) is 2.92. The molecule has 2 unspecified atom stereocenters. The van der Waals surface area contributed by atoms with Gasteiger partial charge in [-0.1, -0.05) is 68.4 Å². The molecular formula is C20H23NO2. The number of rotatable bonds is 6. The van der Waals surface area contributed by atoms with Crippen molar-refractivity contribution >= 4 is 0 Å². The van der Waals surface area contributed by atoms with Gasteiger partial charge in [0.15, 0.2) is 6.29 Å². The van der Waals surface area contributed by atoms with E-state index in [0.717, 1.165) is 11.1 Å². The summed E-state index contributed by atoms with van der Waals surface area (Å²) >= 11 is 0. The Labute approximate surface area is 138 Å². The van der Waals surface area contributed by atoms with E-state index in [-0.39, 0.29) is 5.92 Å². The van der Waals surface area contributed by atoms with Gasteiger partial charge in [0.05, 0.1) is 11.5 Å². The molecule has 3 heteroatoms. The van der Waals surface area contributed by atoms with E-state index in [0.29, 0.717) is 12.0 Å². The van der Waals surface area contributed by atoms with Crippen LogP contribution in [0, 0.1) is 17.2 Å². The van der Waals surface area contributed by atoms with Crippen LogP contribution in [-0.4, -0.2) is 12.2 Å². The Kier molecular flexibility index (Phi) is 5.54. The van der Waals surface area contributed by atoms with Crippen molar-refractivity contribution in [2.45, 2.75) is 32.0 Å². The molecule has 2 aromatic carbocycles. The highest BCUT2D eigenvalue weighted by molar-refractivity contribution is 5.37. The van der Waals surface area contributed by atoms with Crippen molar-refractivity contribution < 1.29 is 9.84 Å². The second kappa shape index (κ2) is 7.41. The highest BCUT2D eigenvalue weighted by Crippen LogP contribution is 2.35. The van der Waals surface area contributed by atoms with E-state index < -0.39 is 11.7 Å². The summed E-state index contributed by atoms with van der Waals surface area (Å²) in [5, 5.41) is 19.8. The summed E-state index contributed by atoms with van der Waals surface area (Å²) in [5.41, 5.74) is 2.14. The lowest BCUT2D eigenvalue weighted by molar-refractivity contribution is -0.0769. The first-order valence-electron chi connectivity index (χ1n) is 7.80. The van der Waals surface area contributed by atoms with Crippen molar-refractivity contribution in [2.75, 3.05) is 7.11 Å². The third kappa shape index (κ3) is 3.61. The molecule has 0 aromatic heterocycles. The zero-order valence-corrected chi connectivity index (χ0v) is 13.9. The average molecular weight is 309 g/mol. The molecule has 2 atom stereocenters. The summed E-state index contributed by atoms with van der Waals surface area (Å²) in [6, 6.07) is 20.1. The normalized spacial score (nSPS) is 15.0. The molecule has 0 spiro atoms. The van der Waals surface area contributed by atoms with Gasteiger partial charge in [-0.3, -0.25) is 0 Å². The highest BCUT2D eigenvalue weighted by atomic mass is 16.6. The molecule has 0 saturated carbocycles. The number of aliphatic hydroxyl groups is 1. The summed E-state index contributed by atoms with van der Waals surface area (Å²) in [6.45, 7) is 4.15. The molecule has 3 nitrogen and oxygen atoms in total. The van der Waals surface area contributed by atoms with Crippen molar-refractivity contribution in [1.82, 2.24) is 0 Å². The maximum atomic E-state index is 9.96. The van der Waals surface area contributed by atoms with Crippen molar-refractivity contribution in [3.8, 4) is 6.07 Å². The quantitative estimate of drug-likeness (QED) is 0.821. The van der Waals surface area contributed by atoms with E-state index >= 15 is 0 Å². The second-order valence-corrected chi connectivity index (χ2v) is 6.11. The van der Waals surface area contributed by atoms with Crippen molar-refractivity contribution in [1.29, 1.82) is 5.26 Å². The number of hydrogen-bond acceptors (Lipinski definition) is 3. The molecular weight excluding hydrogens is 286 g/mol. The molecule has 23 heavy (non-hydrogen) atoms. The summed E-state index contributed by atoms with van der Waals surface area (Å²) in [6.07, 6.45) is -0.350. The number of nitriles is 1. The van der Waals surface area contributed by atoms with Gasteiger partial charge in [-0.15, -0.1) is 0 Å². The zero-order valence-electron chi connectivity index (χ0n) is 13.9. The maximum Gasteiger partial charge on any atom is 0.180 e. The predicted molar refractivity (Wildman–Crippen MR) is 90.7 cm³/mol. The molecule has 120 valence electrons. The first-order valence-corrected chi connectivity index (χ1v) is 7.80. The Morgan fingerprint density at radius 2 is 1.83 bits per heavy atom. The molecule has 2 aromatic rings. The lowest BCUT2D eigenvalue weighted by Crippen LogP contribution is -2.33. The Morgan fingerprint density at radius 3 is 2.39 bits per heavy atom. The van der Waals surface area contributed by atoms with Gasteiger partial charge >= 0.3 is 0 Å². The van der Waals surface area contributed by atoms with Gasteiger partial charge in [0.2, 0.25) is 0 Å². The smallest absolute Gasteiger partial charge is 0.180 e.